The molecule has 1 aromatic rings. The van der Waals surface area contributed by atoms with E-state index in [2.05, 4.69) is 12.1 Å². The van der Waals surface area contributed by atoms with Crippen molar-refractivity contribution < 1.29 is 9.53 Å². The minimum absolute atomic E-state index is 0.197. The quantitative estimate of drug-likeness (QED) is 0.801. The number of benzene rings is 1. The van der Waals surface area contributed by atoms with E-state index in [1.165, 1.54) is 5.56 Å². The van der Waals surface area contributed by atoms with Crippen LogP contribution in [0.3, 0.4) is 0 Å². The third kappa shape index (κ3) is 5.11. The molecule has 2 atom stereocenters. The Hall–Kier alpha value is -1.39. The van der Waals surface area contributed by atoms with Crippen molar-refractivity contribution in [2.24, 2.45) is 11.7 Å². The molecule has 22 heavy (non-hydrogen) atoms. The SMILES string of the molecule is COCCN(CCc1ccccc1)C(=O)C[C@@H]1CCC[C@H]1N. The molecular formula is C18H28N2O2. The molecule has 1 aliphatic carbocycles. The highest BCUT2D eigenvalue weighted by Gasteiger charge is 2.27. The van der Waals surface area contributed by atoms with Crippen LogP contribution in [-0.2, 0) is 16.0 Å². The van der Waals surface area contributed by atoms with E-state index in [1.54, 1.807) is 7.11 Å². The third-order valence-electron chi connectivity index (χ3n) is 4.59. The van der Waals surface area contributed by atoms with Gasteiger partial charge < -0.3 is 15.4 Å². The second-order valence-corrected chi connectivity index (χ2v) is 6.17. The van der Waals surface area contributed by atoms with Crippen molar-refractivity contribution in [1.29, 1.82) is 0 Å². The summed E-state index contributed by atoms with van der Waals surface area (Å²) in [4.78, 5) is 14.5. The van der Waals surface area contributed by atoms with Crippen LogP contribution in [-0.4, -0.2) is 43.7 Å². The number of hydrogen-bond acceptors (Lipinski definition) is 3. The molecule has 2 N–H and O–H groups in total. The van der Waals surface area contributed by atoms with Crippen molar-refractivity contribution in [3.63, 3.8) is 0 Å². The maximum absolute atomic E-state index is 12.6. The number of nitrogens with zero attached hydrogens (tertiary/aromatic N) is 1. The molecule has 2 rings (SSSR count). The van der Waals surface area contributed by atoms with Crippen LogP contribution in [0.1, 0.15) is 31.2 Å². The second kappa shape index (κ2) is 8.91. The molecule has 0 unspecified atom stereocenters. The Balaban J connectivity index is 1.88. The van der Waals surface area contributed by atoms with Gasteiger partial charge in [-0.2, -0.15) is 0 Å². The maximum atomic E-state index is 12.6. The summed E-state index contributed by atoms with van der Waals surface area (Å²) in [6.45, 7) is 1.98. The molecule has 0 saturated heterocycles. The molecule has 4 nitrogen and oxygen atoms in total. The Bertz CT molecular complexity index is 450. The number of rotatable bonds is 8. The first-order chi connectivity index (χ1) is 10.7. The molecule has 1 aromatic carbocycles. The lowest BCUT2D eigenvalue weighted by molar-refractivity contribution is -0.132. The largest absolute Gasteiger partial charge is 0.383 e. The van der Waals surface area contributed by atoms with Gasteiger partial charge in [-0.05, 0) is 30.7 Å². The van der Waals surface area contributed by atoms with Gasteiger partial charge in [0.05, 0.1) is 6.61 Å². The van der Waals surface area contributed by atoms with Gasteiger partial charge in [0.2, 0.25) is 5.91 Å². The van der Waals surface area contributed by atoms with Gasteiger partial charge in [0.25, 0.3) is 0 Å². The zero-order valence-electron chi connectivity index (χ0n) is 13.5. The van der Waals surface area contributed by atoms with Gasteiger partial charge in [0, 0.05) is 32.7 Å². The topological polar surface area (TPSA) is 55.6 Å². The van der Waals surface area contributed by atoms with Gasteiger partial charge >= 0.3 is 0 Å². The normalized spacial score (nSPS) is 21.0. The highest BCUT2D eigenvalue weighted by molar-refractivity contribution is 5.76. The minimum atomic E-state index is 0.197. The van der Waals surface area contributed by atoms with Crippen molar-refractivity contribution in [1.82, 2.24) is 4.90 Å². The standard InChI is InChI=1S/C18H28N2O2/c1-22-13-12-20(11-10-15-6-3-2-4-7-15)18(21)14-16-8-5-9-17(16)19/h2-4,6-7,16-17H,5,8-14,19H2,1H3/t16-,17+/m0/s1. The lowest BCUT2D eigenvalue weighted by atomic mass is 9.99. The highest BCUT2D eigenvalue weighted by atomic mass is 16.5. The maximum Gasteiger partial charge on any atom is 0.222 e. The molecule has 1 saturated carbocycles. The summed E-state index contributed by atoms with van der Waals surface area (Å²) >= 11 is 0. The minimum Gasteiger partial charge on any atom is -0.383 e. The summed E-state index contributed by atoms with van der Waals surface area (Å²) in [5, 5.41) is 0. The van der Waals surface area contributed by atoms with Crippen LogP contribution in [0, 0.1) is 5.92 Å². The van der Waals surface area contributed by atoms with E-state index in [1.807, 2.05) is 23.1 Å². The number of ether oxygens (including phenoxy) is 1. The number of amides is 1. The Labute approximate surface area is 133 Å². The van der Waals surface area contributed by atoms with E-state index < -0.39 is 0 Å². The van der Waals surface area contributed by atoms with E-state index in [9.17, 15) is 4.79 Å². The average Bonchev–Trinajstić information content (AvgIpc) is 2.93. The molecule has 4 heteroatoms. The van der Waals surface area contributed by atoms with Gasteiger partial charge in [0.15, 0.2) is 0 Å². The molecular weight excluding hydrogens is 276 g/mol. The van der Waals surface area contributed by atoms with Crippen molar-refractivity contribution >= 4 is 5.91 Å². The van der Waals surface area contributed by atoms with Crippen LogP contribution in [0.5, 0.6) is 0 Å². The van der Waals surface area contributed by atoms with Crippen LogP contribution in [0.4, 0.5) is 0 Å². The van der Waals surface area contributed by atoms with Crippen LogP contribution in [0.25, 0.3) is 0 Å². The summed E-state index contributed by atoms with van der Waals surface area (Å²) in [6, 6.07) is 10.5. The van der Waals surface area contributed by atoms with Gasteiger partial charge in [-0.3, -0.25) is 4.79 Å². The first-order valence-electron chi connectivity index (χ1n) is 8.27. The predicted octanol–water partition coefficient (Wildman–Crippen LogP) is 2.22. The number of carbonyl (C=O) groups excluding carboxylic acids is 1. The molecule has 0 aromatic heterocycles. The molecule has 1 aliphatic rings. The summed E-state index contributed by atoms with van der Waals surface area (Å²) in [6.07, 6.45) is 4.76. The van der Waals surface area contributed by atoms with Gasteiger partial charge in [-0.1, -0.05) is 36.8 Å². The van der Waals surface area contributed by atoms with E-state index in [-0.39, 0.29) is 11.9 Å². The fourth-order valence-electron chi connectivity index (χ4n) is 3.14. The van der Waals surface area contributed by atoms with Crippen LogP contribution < -0.4 is 5.73 Å². The number of carbonyl (C=O) groups is 1. The summed E-state index contributed by atoms with van der Waals surface area (Å²) in [5.41, 5.74) is 7.36. The Morgan fingerprint density at radius 3 is 2.68 bits per heavy atom. The molecule has 0 radical (unpaired) electrons. The number of methoxy groups -OCH3 is 1. The van der Waals surface area contributed by atoms with Gasteiger partial charge in [0.1, 0.15) is 0 Å². The summed E-state index contributed by atoms with van der Waals surface area (Å²) in [5.74, 6) is 0.574. The lowest BCUT2D eigenvalue weighted by Crippen LogP contribution is -2.38. The van der Waals surface area contributed by atoms with Crippen LogP contribution in [0.2, 0.25) is 0 Å². The molecule has 1 fully saturated rings. The number of nitrogens with two attached hydrogens (primary N) is 1. The average molecular weight is 304 g/mol. The first kappa shape index (κ1) is 17.0. The third-order valence-corrected chi connectivity index (χ3v) is 4.59. The molecule has 1 amide bonds. The zero-order valence-corrected chi connectivity index (χ0v) is 13.5. The van der Waals surface area contributed by atoms with Crippen molar-refractivity contribution in [2.75, 3.05) is 26.8 Å². The molecule has 122 valence electrons. The van der Waals surface area contributed by atoms with Gasteiger partial charge in [-0.25, -0.2) is 0 Å². The monoisotopic (exact) mass is 304 g/mol. The van der Waals surface area contributed by atoms with Crippen molar-refractivity contribution in [2.45, 2.75) is 38.1 Å². The molecule has 0 bridgehead atoms. The van der Waals surface area contributed by atoms with E-state index >= 15 is 0 Å². The Kier molecular flexibility index (Phi) is 6.87. The fraction of sp³-hybridized carbons (Fsp3) is 0.611. The van der Waals surface area contributed by atoms with E-state index in [0.29, 0.717) is 25.5 Å². The molecule has 0 aliphatic heterocycles. The second-order valence-electron chi connectivity index (χ2n) is 6.17. The number of hydrogen-bond donors (Lipinski definition) is 1. The van der Waals surface area contributed by atoms with Gasteiger partial charge in [-0.15, -0.1) is 0 Å². The predicted molar refractivity (Wildman–Crippen MR) is 88.5 cm³/mol. The van der Waals surface area contributed by atoms with E-state index in [0.717, 1.165) is 32.2 Å². The first-order valence-corrected chi connectivity index (χ1v) is 8.27. The molecule has 0 heterocycles. The Morgan fingerprint density at radius 2 is 2.05 bits per heavy atom. The van der Waals surface area contributed by atoms with Crippen LogP contribution in [0.15, 0.2) is 30.3 Å². The highest BCUT2D eigenvalue weighted by Crippen LogP contribution is 2.27. The molecule has 0 spiro atoms. The summed E-state index contributed by atoms with van der Waals surface area (Å²) in [7, 11) is 1.67. The Morgan fingerprint density at radius 1 is 1.27 bits per heavy atom. The van der Waals surface area contributed by atoms with Crippen LogP contribution >= 0.6 is 0 Å². The van der Waals surface area contributed by atoms with E-state index in [4.69, 9.17) is 10.5 Å². The summed E-state index contributed by atoms with van der Waals surface area (Å²) < 4.78 is 5.15. The zero-order chi connectivity index (χ0) is 15.8. The van der Waals surface area contributed by atoms with Crippen molar-refractivity contribution in [3.8, 4) is 0 Å². The van der Waals surface area contributed by atoms with Crippen molar-refractivity contribution in [3.05, 3.63) is 35.9 Å². The lowest BCUT2D eigenvalue weighted by Gasteiger charge is -2.25. The fourth-order valence-corrected chi connectivity index (χ4v) is 3.14. The smallest absolute Gasteiger partial charge is 0.222 e.